The Morgan fingerprint density at radius 1 is 1.11 bits per heavy atom. The topological polar surface area (TPSA) is 79.6 Å². The van der Waals surface area contributed by atoms with Crippen molar-refractivity contribution in [2.75, 3.05) is 13.1 Å². The minimum atomic E-state index is -0.350. The first kappa shape index (κ1) is 23.3. The number of aromatic nitrogens is 3. The number of hydrogen-bond acceptors (Lipinski definition) is 6. The Balaban J connectivity index is 1.23. The standard InChI is InChI=1S/C26H26FN5O2S2/c1-15-13-31-14-20(35-26(31)29-15)23(33)28-12-17-6-4-5-11-32(17)25(34)21-22(18-7-2-3-8-19(18)27)36-24(30-21)16-9-10-16/h2-3,7-8,13-14,16-17H,4-6,9-12H2,1H3,(H,28,33)/t17-/m0/s1. The molecule has 36 heavy (non-hydrogen) atoms. The number of piperidine rings is 1. The number of rotatable bonds is 6. The first-order valence-corrected chi connectivity index (χ1v) is 13.9. The SMILES string of the molecule is Cc1cn2cc(C(=O)NC[C@@H]3CCCCN3C(=O)c3nc(C4CC4)sc3-c3ccccc3F)sc2n1. The Bertz CT molecular complexity index is 1420. The quantitative estimate of drug-likeness (QED) is 0.374. The number of carbonyl (C=O) groups excluding carboxylic acids is 2. The molecule has 2 amide bonds. The highest BCUT2D eigenvalue weighted by atomic mass is 32.1. The van der Waals surface area contributed by atoms with Crippen LogP contribution in [0, 0.1) is 12.7 Å². The number of halogens is 1. The van der Waals surface area contributed by atoms with E-state index in [4.69, 9.17) is 4.98 Å². The fraction of sp³-hybridized carbons (Fsp3) is 0.385. The van der Waals surface area contributed by atoms with E-state index in [9.17, 15) is 14.0 Å². The van der Waals surface area contributed by atoms with Crippen molar-refractivity contribution < 1.29 is 14.0 Å². The van der Waals surface area contributed by atoms with Crippen LogP contribution in [0.25, 0.3) is 15.4 Å². The lowest BCUT2D eigenvalue weighted by molar-refractivity contribution is 0.0598. The summed E-state index contributed by atoms with van der Waals surface area (Å²) in [4.78, 5) is 39.6. The van der Waals surface area contributed by atoms with Gasteiger partial charge in [0.1, 0.15) is 16.4 Å². The largest absolute Gasteiger partial charge is 0.349 e. The van der Waals surface area contributed by atoms with Gasteiger partial charge in [-0.05, 0) is 45.1 Å². The van der Waals surface area contributed by atoms with Crippen LogP contribution in [0.3, 0.4) is 0 Å². The van der Waals surface area contributed by atoms with Crippen LogP contribution >= 0.6 is 22.7 Å². The third-order valence-corrected chi connectivity index (χ3v) is 9.02. The van der Waals surface area contributed by atoms with Gasteiger partial charge in [-0.1, -0.05) is 29.5 Å². The summed E-state index contributed by atoms with van der Waals surface area (Å²) in [6.07, 6.45) is 8.48. The molecule has 0 spiro atoms. The number of hydrogen-bond donors (Lipinski definition) is 1. The Hall–Kier alpha value is -3.11. The molecule has 7 nitrogen and oxygen atoms in total. The van der Waals surface area contributed by atoms with Crippen LogP contribution in [-0.4, -0.2) is 50.2 Å². The summed E-state index contributed by atoms with van der Waals surface area (Å²) in [6.45, 7) is 2.87. The van der Waals surface area contributed by atoms with Crippen LogP contribution in [0.4, 0.5) is 4.39 Å². The number of likely N-dealkylation sites (tertiary alicyclic amines) is 1. The maximum atomic E-state index is 14.7. The van der Waals surface area contributed by atoms with Crippen LogP contribution in [0.2, 0.25) is 0 Å². The number of nitrogens with one attached hydrogen (secondary N) is 1. The average molecular weight is 524 g/mol. The number of aryl methyl sites for hydroxylation is 1. The van der Waals surface area contributed by atoms with Gasteiger partial charge in [0.25, 0.3) is 11.8 Å². The van der Waals surface area contributed by atoms with Gasteiger partial charge in [0, 0.05) is 43.0 Å². The van der Waals surface area contributed by atoms with Crippen LogP contribution < -0.4 is 5.32 Å². The molecular formula is C26H26FN5O2S2. The summed E-state index contributed by atoms with van der Waals surface area (Å²) < 4.78 is 16.6. The van der Waals surface area contributed by atoms with Crippen molar-refractivity contribution >= 4 is 39.4 Å². The van der Waals surface area contributed by atoms with E-state index >= 15 is 0 Å². The van der Waals surface area contributed by atoms with Crippen LogP contribution in [0.5, 0.6) is 0 Å². The summed E-state index contributed by atoms with van der Waals surface area (Å²) in [7, 11) is 0. The van der Waals surface area contributed by atoms with E-state index in [1.807, 2.05) is 22.4 Å². The van der Waals surface area contributed by atoms with Crippen molar-refractivity contribution in [2.24, 2.45) is 0 Å². The van der Waals surface area contributed by atoms with E-state index in [-0.39, 0.29) is 23.7 Å². The van der Waals surface area contributed by atoms with Crippen molar-refractivity contribution in [3.8, 4) is 10.4 Å². The molecule has 4 aromatic rings. The van der Waals surface area contributed by atoms with Crippen molar-refractivity contribution in [3.05, 3.63) is 63.7 Å². The summed E-state index contributed by atoms with van der Waals surface area (Å²) in [5.41, 5.74) is 1.66. The number of benzene rings is 1. The lowest BCUT2D eigenvalue weighted by atomic mass is 10.0. The first-order valence-electron chi connectivity index (χ1n) is 12.3. The number of fused-ring (bicyclic) bond motifs is 1. The molecule has 10 heteroatoms. The van der Waals surface area contributed by atoms with Gasteiger partial charge in [-0.2, -0.15) is 0 Å². The number of nitrogens with zero attached hydrogens (tertiary/aromatic N) is 4. The Morgan fingerprint density at radius 2 is 1.94 bits per heavy atom. The smallest absolute Gasteiger partial charge is 0.274 e. The molecule has 1 saturated heterocycles. The van der Waals surface area contributed by atoms with Crippen LogP contribution in [-0.2, 0) is 0 Å². The average Bonchev–Trinajstić information content (AvgIpc) is 3.36. The summed E-state index contributed by atoms with van der Waals surface area (Å²) in [5, 5.41) is 3.93. The molecular weight excluding hydrogens is 497 g/mol. The van der Waals surface area contributed by atoms with Gasteiger partial charge < -0.3 is 10.2 Å². The second kappa shape index (κ2) is 9.40. The molecule has 1 N–H and O–H groups in total. The molecule has 2 fully saturated rings. The fourth-order valence-corrected chi connectivity index (χ4v) is 6.93. The molecule has 1 atom stereocenters. The molecule has 1 aliphatic heterocycles. The zero-order chi connectivity index (χ0) is 24.8. The highest BCUT2D eigenvalue weighted by molar-refractivity contribution is 7.18. The van der Waals surface area contributed by atoms with E-state index in [1.54, 1.807) is 24.4 Å². The Kier molecular flexibility index (Phi) is 6.08. The minimum absolute atomic E-state index is 0.138. The molecule has 0 unspecified atom stereocenters. The van der Waals surface area contributed by atoms with E-state index in [0.717, 1.165) is 47.8 Å². The third-order valence-electron chi connectivity index (χ3n) is 6.78. The second-order valence-corrected chi connectivity index (χ2v) is 11.5. The maximum Gasteiger partial charge on any atom is 0.274 e. The summed E-state index contributed by atoms with van der Waals surface area (Å²) >= 11 is 2.78. The molecule has 1 saturated carbocycles. The van der Waals surface area contributed by atoms with E-state index < -0.39 is 0 Å². The molecule has 1 aromatic carbocycles. The molecule has 186 valence electrons. The minimum Gasteiger partial charge on any atom is -0.349 e. The van der Waals surface area contributed by atoms with Crippen molar-refractivity contribution in [2.45, 2.75) is 51.0 Å². The molecule has 6 rings (SSSR count). The normalized spacial score (nSPS) is 18.1. The highest BCUT2D eigenvalue weighted by Gasteiger charge is 2.35. The summed E-state index contributed by atoms with van der Waals surface area (Å²) in [5.74, 6) is -0.329. The number of imidazole rings is 1. The zero-order valence-electron chi connectivity index (χ0n) is 19.9. The van der Waals surface area contributed by atoms with E-state index in [0.29, 0.717) is 40.0 Å². The predicted molar refractivity (Wildman–Crippen MR) is 138 cm³/mol. The van der Waals surface area contributed by atoms with Crippen molar-refractivity contribution in [1.82, 2.24) is 24.6 Å². The van der Waals surface area contributed by atoms with Gasteiger partial charge in [-0.25, -0.2) is 14.4 Å². The first-order chi connectivity index (χ1) is 17.5. The molecule has 3 aromatic heterocycles. The Labute approximate surface area is 216 Å². The molecule has 2 aliphatic rings. The van der Waals surface area contributed by atoms with E-state index in [2.05, 4.69) is 10.3 Å². The van der Waals surface area contributed by atoms with Crippen LogP contribution in [0.1, 0.15) is 68.9 Å². The van der Waals surface area contributed by atoms with E-state index in [1.165, 1.54) is 28.7 Å². The number of thiazole rings is 2. The fourth-order valence-electron chi connectivity index (χ4n) is 4.75. The highest BCUT2D eigenvalue weighted by Crippen LogP contribution is 2.45. The molecule has 1 aliphatic carbocycles. The van der Waals surface area contributed by atoms with Gasteiger partial charge in [-0.15, -0.1) is 11.3 Å². The van der Waals surface area contributed by atoms with Gasteiger partial charge in [-0.3, -0.25) is 14.0 Å². The molecule has 4 heterocycles. The Morgan fingerprint density at radius 3 is 2.72 bits per heavy atom. The molecule has 0 bridgehead atoms. The van der Waals surface area contributed by atoms with Crippen molar-refractivity contribution in [3.63, 3.8) is 0 Å². The lowest BCUT2D eigenvalue weighted by Gasteiger charge is -2.35. The van der Waals surface area contributed by atoms with Crippen molar-refractivity contribution in [1.29, 1.82) is 0 Å². The van der Waals surface area contributed by atoms with Gasteiger partial charge >= 0.3 is 0 Å². The second-order valence-electron chi connectivity index (χ2n) is 9.51. The molecule has 0 radical (unpaired) electrons. The van der Waals surface area contributed by atoms with Crippen LogP contribution in [0.15, 0.2) is 36.7 Å². The number of amides is 2. The lowest BCUT2D eigenvalue weighted by Crippen LogP contribution is -2.49. The zero-order valence-corrected chi connectivity index (χ0v) is 21.5. The number of carbonyl (C=O) groups is 2. The van der Waals surface area contributed by atoms with Gasteiger partial charge in [0.05, 0.1) is 15.6 Å². The summed E-state index contributed by atoms with van der Waals surface area (Å²) in [6, 6.07) is 6.43. The van der Waals surface area contributed by atoms with Gasteiger partial charge in [0.15, 0.2) is 4.96 Å². The van der Waals surface area contributed by atoms with Gasteiger partial charge in [0.2, 0.25) is 0 Å². The predicted octanol–water partition coefficient (Wildman–Crippen LogP) is 5.27. The third kappa shape index (κ3) is 4.43. The monoisotopic (exact) mass is 523 g/mol. The maximum absolute atomic E-state index is 14.7.